The van der Waals surface area contributed by atoms with Gasteiger partial charge in [-0.2, -0.15) is 9.50 Å². The van der Waals surface area contributed by atoms with Crippen LogP contribution in [0.3, 0.4) is 0 Å². The van der Waals surface area contributed by atoms with Crippen molar-refractivity contribution in [2.75, 3.05) is 39.3 Å². The van der Waals surface area contributed by atoms with E-state index in [4.69, 9.17) is 5.11 Å². The van der Waals surface area contributed by atoms with Crippen LogP contribution >= 0.6 is 12.4 Å². The van der Waals surface area contributed by atoms with Crippen molar-refractivity contribution in [2.45, 2.75) is 32.7 Å². The average molecular weight is 447 g/mol. The van der Waals surface area contributed by atoms with Crippen LogP contribution in [-0.4, -0.2) is 73.8 Å². The molecule has 0 spiro atoms. The van der Waals surface area contributed by atoms with Gasteiger partial charge in [0.25, 0.3) is 11.3 Å². The lowest BCUT2D eigenvalue weighted by Gasteiger charge is -2.34. The van der Waals surface area contributed by atoms with E-state index in [1.165, 1.54) is 10.1 Å². The molecule has 0 bridgehead atoms. The number of nitrogens with one attached hydrogen (secondary N) is 1. The van der Waals surface area contributed by atoms with Gasteiger partial charge in [-0.25, -0.2) is 4.98 Å². The van der Waals surface area contributed by atoms with Gasteiger partial charge in [0.05, 0.1) is 12.3 Å². The number of β-amino-alcohol motifs (C(OH)–C–C–N with tert-alkyl or cyclic N) is 1. The molecule has 1 saturated heterocycles. The Kier molecular flexibility index (Phi) is 7.16. The zero-order valence-corrected chi connectivity index (χ0v) is 19.2. The molecule has 4 rings (SSSR count). The van der Waals surface area contributed by atoms with Gasteiger partial charge >= 0.3 is 0 Å². The van der Waals surface area contributed by atoms with Crippen molar-refractivity contribution in [1.82, 2.24) is 29.4 Å². The van der Waals surface area contributed by atoms with Crippen LogP contribution in [0.4, 0.5) is 0 Å². The molecule has 0 unspecified atom stereocenters. The highest BCUT2D eigenvalue weighted by atomic mass is 35.5. The standard InChI is InChI=1S/C22H30N6O2.ClH/c1-22(2,3)17-6-4-16(5-7-17)20-24-21-23-18(14-19(30)28(21)25-20)15-27-10-8-26(9-11-27)12-13-29;/h4-7,14,29H,8-13,15H2,1-3H3,(H,23,24,25);1H. The van der Waals surface area contributed by atoms with E-state index in [-0.39, 0.29) is 30.0 Å². The number of nitrogens with zero attached hydrogens (tertiary/aromatic N) is 5. The lowest BCUT2D eigenvalue weighted by Crippen LogP contribution is -2.46. The predicted molar refractivity (Wildman–Crippen MR) is 124 cm³/mol. The van der Waals surface area contributed by atoms with E-state index in [0.717, 1.165) is 37.4 Å². The SMILES string of the molecule is CC(C)(C)c1ccc(-c2nc3nc(CN4CCN(CCO)CC4)cc(=O)n3[nH]2)cc1.Cl. The lowest BCUT2D eigenvalue weighted by atomic mass is 9.87. The number of halogens is 1. The molecule has 0 atom stereocenters. The van der Waals surface area contributed by atoms with E-state index in [9.17, 15) is 4.79 Å². The molecule has 0 aliphatic carbocycles. The van der Waals surface area contributed by atoms with E-state index in [1.807, 2.05) is 12.1 Å². The minimum Gasteiger partial charge on any atom is -0.395 e. The molecule has 1 aliphatic rings. The van der Waals surface area contributed by atoms with E-state index in [0.29, 0.717) is 24.7 Å². The molecule has 1 aromatic carbocycles. The number of rotatable bonds is 5. The number of H-pyrrole nitrogens is 1. The number of aliphatic hydroxyl groups is 1. The maximum absolute atomic E-state index is 12.6. The van der Waals surface area contributed by atoms with Crippen molar-refractivity contribution in [3.63, 3.8) is 0 Å². The Bertz CT molecular complexity index is 1060. The highest BCUT2D eigenvalue weighted by Crippen LogP contribution is 2.24. The Morgan fingerprint density at radius 2 is 1.68 bits per heavy atom. The monoisotopic (exact) mass is 446 g/mol. The van der Waals surface area contributed by atoms with Crippen LogP contribution in [0.15, 0.2) is 35.1 Å². The number of hydrogen-bond donors (Lipinski definition) is 2. The minimum atomic E-state index is -0.154. The zero-order chi connectivity index (χ0) is 21.3. The summed E-state index contributed by atoms with van der Waals surface area (Å²) in [6.45, 7) is 11.7. The van der Waals surface area contributed by atoms with Crippen LogP contribution in [0.1, 0.15) is 32.0 Å². The first-order valence-corrected chi connectivity index (χ1v) is 10.5. The third-order valence-electron chi connectivity index (χ3n) is 5.67. The normalized spacial score (nSPS) is 15.9. The molecular weight excluding hydrogens is 416 g/mol. The average Bonchev–Trinajstić information content (AvgIpc) is 3.14. The van der Waals surface area contributed by atoms with Gasteiger partial charge in [-0.05, 0) is 11.0 Å². The molecule has 8 nitrogen and oxygen atoms in total. The summed E-state index contributed by atoms with van der Waals surface area (Å²) in [4.78, 5) is 26.3. The second-order valence-electron chi connectivity index (χ2n) is 8.96. The van der Waals surface area contributed by atoms with Gasteiger partial charge in [-0.15, -0.1) is 12.4 Å². The molecule has 2 aromatic heterocycles. The first-order valence-electron chi connectivity index (χ1n) is 10.5. The van der Waals surface area contributed by atoms with Gasteiger partial charge < -0.3 is 5.11 Å². The fraction of sp³-hybridized carbons (Fsp3) is 0.500. The molecule has 3 aromatic rings. The molecule has 0 radical (unpaired) electrons. The molecule has 1 fully saturated rings. The predicted octanol–water partition coefficient (Wildman–Crippen LogP) is 1.91. The number of hydrogen-bond acceptors (Lipinski definition) is 6. The van der Waals surface area contributed by atoms with Crippen LogP contribution in [0.5, 0.6) is 0 Å². The van der Waals surface area contributed by atoms with Gasteiger partial charge in [0.2, 0.25) is 0 Å². The van der Waals surface area contributed by atoms with E-state index < -0.39 is 0 Å². The molecule has 31 heavy (non-hydrogen) atoms. The Hall–Kier alpha value is -2.26. The highest BCUT2D eigenvalue weighted by Gasteiger charge is 2.18. The molecule has 3 heterocycles. The summed E-state index contributed by atoms with van der Waals surface area (Å²) >= 11 is 0. The smallest absolute Gasteiger partial charge is 0.274 e. The maximum Gasteiger partial charge on any atom is 0.274 e. The molecular formula is C22H31ClN6O2. The van der Waals surface area contributed by atoms with Crippen LogP contribution < -0.4 is 5.56 Å². The van der Waals surface area contributed by atoms with Crippen molar-refractivity contribution < 1.29 is 5.11 Å². The second-order valence-corrected chi connectivity index (χ2v) is 8.96. The maximum atomic E-state index is 12.6. The molecule has 1 aliphatic heterocycles. The molecule has 168 valence electrons. The summed E-state index contributed by atoms with van der Waals surface area (Å²) < 4.78 is 1.40. The van der Waals surface area contributed by atoms with Gasteiger partial charge in [0, 0.05) is 50.9 Å². The van der Waals surface area contributed by atoms with E-state index in [2.05, 4.69) is 57.8 Å². The van der Waals surface area contributed by atoms with Crippen molar-refractivity contribution in [3.05, 3.63) is 51.9 Å². The fourth-order valence-electron chi connectivity index (χ4n) is 3.81. The summed E-state index contributed by atoms with van der Waals surface area (Å²) in [6.07, 6.45) is 0. The number of aromatic amines is 1. The van der Waals surface area contributed by atoms with Gasteiger partial charge in [0.15, 0.2) is 5.82 Å². The van der Waals surface area contributed by atoms with Gasteiger partial charge in [0.1, 0.15) is 0 Å². The third-order valence-corrected chi connectivity index (χ3v) is 5.67. The molecule has 2 N–H and O–H groups in total. The topological polar surface area (TPSA) is 89.8 Å². The Balaban J connectivity index is 0.00000272. The minimum absolute atomic E-state index is 0. The number of piperazine rings is 1. The second kappa shape index (κ2) is 9.48. The molecule has 0 amide bonds. The fourth-order valence-corrected chi connectivity index (χ4v) is 3.81. The van der Waals surface area contributed by atoms with Crippen molar-refractivity contribution in [2.24, 2.45) is 0 Å². The molecule has 9 heteroatoms. The van der Waals surface area contributed by atoms with Crippen molar-refractivity contribution in [3.8, 4) is 11.4 Å². The third kappa shape index (κ3) is 5.33. The van der Waals surface area contributed by atoms with Crippen LogP contribution in [0, 0.1) is 0 Å². The lowest BCUT2D eigenvalue weighted by molar-refractivity contribution is 0.107. The summed E-state index contributed by atoms with van der Waals surface area (Å²) in [6, 6.07) is 9.82. The van der Waals surface area contributed by atoms with Crippen LogP contribution in [-0.2, 0) is 12.0 Å². The first kappa shape index (κ1) is 23.4. The number of benzene rings is 1. The summed E-state index contributed by atoms with van der Waals surface area (Å²) in [5, 5.41) is 12.1. The van der Waals surface area contributed by atoms with E-state index >= 15 is 0 Å². The molecule has 0 saturated carbocycles. The largest absolute Gasteiger partial charge is 0.395 e. The number of aliphatic hydroxyl groups excluding tert-OH is 1. The number of fused-ring (bicyclic) bond motifs is 1. The van der Waals surface area contributed by atoms with Crippen LogP contribution in [0.2, 0.25) is 0 Å². The summed E-state index contributed by atoms with van der Waals surface area (Å²) in [7, 11) is 0. The van der Waals surface area contributed by atoms with Crippen molar-refractivity contribution in [1.29, 1.82) is 0 Å². The summed E-state index contributed by atoms with van der Waals surface area (Å²) in [5.74, 6) is 1.03. The Morgan fingerprint density at radius 1 is 1.03 bits per heavy atom. The van der Waals surface area contributed by atoms with E-state index in [1.54, 1.807) is 6.07 Å². The quantitative estimate of drug-likeness (QED) is 0.622. The Morgan fingerprint density at radius 3 is 2.29 bits per heavy atom. The van der Waals surface area contributed by atoms with Crippen LogP contribution in [0.25, 0.3) is 17.2 Å². The first-order chi connectivity index (χ1) is 14.3. The zero-order valence-electron chi connectivity index (χ0n) is 18.3. The number of aromatic nitrogens is 4. The highest BCUT2D eigenvalue weighted by molar-refractivity contribution is 5.85. The van der Waals surface area contributed by atoms with Gasteiger partial charge in [-0.3, -0.25) is 19.7 Å². The Labute approximate surface area is 188 Å². The van der Waals surface area contributed by atoms with Crippen molar-refractivity contribution >= 4 is 18.2 Å². The van der Waals surface area contributed by atoms with Gasteiger partial charge in [-0.1, -0.05) is 45.0 Å². The summed E-state index contributed by atoms with van der Waals surface area (Å²) in [5.41, 5.74) is 2.84.